The molecule has 0 aliphatic carbocycles. The summed E-state index contributed by atoms with van der Waals surface area (Å²) in [5.74, 6) is 1.36. The van der Waals surface area contributed by atoms with Crippen LogP contribution in [-0.2, 0) is 6.42 Å². The second kappa shape index (κ2) is 9.56. The van der Waals surface area contributed by atoms with Crippen LogP contribution >= 0.6 is 15.9 Å². The van der Waals surface area contributed by atoms with Crippen molar-refractivity contribution in [2.45, 2.75) is 39.2 Å². The lowest BCUT2D eigenvalue weighted by molar-refractivity contribution is 0.237. The molecule has 0 saturated carbocycles. The minimum absolute atomic E-state index is 0.127. The Labute approximate surface area is 140 Å². The van der Waals surface area contributed by atoms with Crippen LogP contribution in [0.2, 0.25) is 0 Å². The third-order valence-corrected chi connectivity index (χ3v) is 4.07. The summed E-state index contributed by atoms with van der Waals surface area (Å²) < 4.78 is 11.5. The second-order valence-corrected chi connectivity index (χ2v) is 5.99. The van der Waals surface area contributed by atoms with Crippen LogP contribution in [0.1, 0.15) is 32.3 Å². The minimum atomic E-state index is -0.127. The quantitative estimate of drug-likeness (QED) is 0.733. The van der Waals surface area contributed by atoms with Crippen LogP contribution in [0.15, 0.2) is 16.6 Å². The van der Waals surface area contributed by atoms with Crippen molar-refractivity contribution in [1.29, 1.82) is 0 Å². The number of amides is 2. The van der Waals surface area contributed by atoms with Crippen LogP contribution in [0.4, 0.5) is 4.79 Å². The maximum Gasteiger partial charge on any atom is 0.315 e. The molecule has 0 aromatic heterocycles. The molecule has 5 nitrogen and oxygen atoms in total. The lowest BCUT2D eigenvalue weighted by Crippen LogP contribution is -2.41. The first kappa shape index (κ1) is 18.6. The molecular weight excluding hydrogens is 348 g/mol. The first-order valence-electron chi connectivity index (χ1n) is 7.46. The van der Waals surface area contributed by atoms with Gasteiger partial charge in [-0.1, -0.05) is 29.3 Å². The number of benzene rings is 1. The average Bonchev–Trinajstić information content (AvgIpc) is 2.48. The normalized spacial score (nSPS) is 11.7. The van der Waals surface area contributed by atoms with Crippen molar-refractivity contribution in [2.75, 3.05) is 20.8 Å². The van der Waals surface area contributed by atoms with Crippen LogP contribution in [0, 0.1) is 0 Å². The molecule has 1 atom stereocenters. The fraction of sp³-hybridized carbons (Fsp3) is 0.562. The van der Waals surface area contributed by atoms with E-state index in [0.717, 1.165) is 22.9 Å². The summed E-state index contributed by atoms with van der Waals surface area (Å²) in [4.78, 5) is 11.7. The number of carbonyl (C=O) groups excluding carboxylic acids is 1. The van der Waals surface area contributed by atoms with Crippen molar-refractivity contribution < 1.29 is 14.3 Å². The molecule has 0 bridgehead atoms. The van der Waals surface area contributed by atoms with Crippen LogP contribution in [0.25, 0.3) is 0 Å². The zero-order valence-electron chi connectivity index (χ0n) is 13.7. The number of methoxy groups -OCH3 is 2. The Morgan fingerprint density at radius 3 is 2.50 bits per heavy atom. The molecule has 0 fully saturated rings. The second-order valence-electron chi connectivity index (χ2n) is 5.14. The van der Waals surface area contributed by atoms with Gasteiger partial charge in [0.05, 0.1) is 14.2 Å². The highest BCUT2D eigenvalue weighted by Crippen LogP contribution is 2.33. The van der Waals surface area contributed by atoms with Gasteiger partial charge in [0.2, 0.25) is 0 Å². The standard InChI is InChI=1S/C16H25BrN2O3/c1-5-6-11(2)19-16(20)18-8-7-12-9-14(21-3)15(22-4)10-13(12)17/h9-11H,5-8H2,1-4H3,(H2,18,19,20)/t11-/m1/s1. The van der Waals surface area contributed by atoms with E-state index < -0.39 is 0 Å². The molecule has 1 aromatic carbocycles. The van der Waals surface area contributed by atoms with E-state index in [1.54, 1.807) is 14.2 Å². The summed E-state index contributed by atoms with van der Waals surface area (Å²) in [5.41, 5.74) is 1.06. The summed E-state index contributed by atoms with van der Waals surface area (Å²) in [7, 11) is 3.21. The Morgan fingerprint density at radius 2 is 1.91 bits per heavy atom. The fourth-order valence-corrected chi connectivity index (χ4v) is 2.70. The number of hydrogen-bond acceptors (Lipinski definition) is 3. The zero-order chi connectivity index (χ0) is 16.5. The Balaban J connectivity index is 2.53. The summed E-state index contributed by atoms with van der Waals surface area (Å²) in [6.45, 7) is 4.66. The molecule has 0 spiro atoms. The summed E-state index contributed by atoms with van der Waals surface area (Å²) in [6, 6.07) is 3.86. The number of ether oxygens (including phenoxy) is 2. The van der Waals surface area contributed by atoms with Crippen molar-refractivity contribution in [3.8, 4) is 11.5 Å². The number of hydrogen-bond donors (Lipinski definition) is 2. The maximum absolute atomic E-state index is 11.7. The smallest absolute Gasteiger partial charge is 0.315 e. The van der Waals surface area contributed by atoms with Gasteiger partial charge in [0, 0.05) is 17.1 Å². The van der Waals surface area contributed by atoms with Crippen molar-refractivity contribution in [3.63, 3.8) is 0 Å². The van der Waals surface area contributed by atoms with E-state index in [-0.39, 0.29) is 12.1 Å². The van der Waals surface area contributed by atoms with Crippen LogP contribution < -0.4 is 20.1 Å². The van der Waals surface area contributed by atoms with Gasteiger partial charge in [-0.15, -0.1) is 0 Å². The maximum atomic E-state index is 11.7. The van der Waals surface area contributed by atoms with Crippen LogP contribution in [-0.4, -0.2) is 32.8 Å². The molecular formula is C16H25BrN2O3. The third-order valence-electron chi connectivity index (χ3n) is 3.33. The molecule has 22 heavy (non-hydrogen) atoms. The zero-order valence-corrected chi connectivity index (χ0v) is 15.2. The number of rotatable bonds is 8. The van der Waals surface area contributed by atoms with Crippen molar-refractivity contribution >= 4 is 22.0 Å². The number of halogens is 1. The number of carbonyl (C=O) groups is 1. The largest absolute Gasteiger partial charge is 0.493 e. The monoisotopic (exact) mass is 372 g/mol. The van der Waals surface area contributed by atoms with E-state index >= 15 is 0 Å². The van der Waals surface area contributed by atoms with Gasteiger partial charge in [0.1, 0.15) is 0 Å². The van der Waals surface area contributed by atoms with Gasteiger partial charge in [0.25, 0.3) is 0 Å². The molecule has 0 aliphatic heterocycles. The van der Waals surface area contributed by atoms with Gasteiger partial charge >= 0.3 is 6.03 Å². The predicted octanol–water partition coefficient (Wildman–Crippen LogP) is 3.50. The Bertz CT molecular complexity index is 495. The van der Waals surface area contributed by atoms with Crippen molar-refractivity contribution in [3.05, 3.63) is 22.2 Å². The van der Waals surface area contributed by atoms with E-state index in [0.29, 0.717) is 24.5 Å². The lowest BCUT2D eigenvalue weighted by Gasteiger charge is -2.15. The van der Waals surface area contributed by atoms with E-state index in [9.17, 15) is 4.79 Å². The average molecular weight is 373 g/mol. The molecule has 0 aliphatic rings. The molecule has 0 saturated heterocycles. The Kier molecular flexibility index (Phi) is 8.09. The van der Waals surface area contributed by atoms with E-state index in [1.165, 1.54) is 0 Å². The predicted molar refractivity (Wildman–Crippen MR) is 91.9 cm³/mol. The minimum Gasteiger partial charge on any atom is -0.493 e. The topological polar surface area (TPSA) is 59.6 Å². The molecule has 1 aromatic rings. The van der Waals surface area contributed by atoms with E-state index in [4.69, 9.17) is 9.47 Å². The highest BCUT2D eigenvalue weighted by Gasteiger charge is 2.10. The van der Waals surface area contributed by atoms with Crippen molar-refractivity contribution in [1.82, 2.24) is 10.6 Å². The van der Waals surface area contributed by atoms with Crippen molar-refractivity contribution in [2.24, 2.45) is 0 Å². The molecule has 6 heteroatoms. The summed E-state index contributed by atoms with van der Waals surface area (Å²) >= 11 is 3.52. The molecule has 0 heterocycles. The number of urea groups is 1. The molecule has 2 N–H and O–H groups in total. The van der Waals surface area contributed by atoms with Gasteiger partial charge in [-0.25, -0.2) is 4.79 Å². The highest BCUT2D eigenvalue weighted by atomic mass is 79.9. The van der Waals surface area contributed by atoms with Gasteiger partial charge in [-0.2, -0.15) is 0 Å². The first-order chi connectivity index (χ1) is 10.5. The van der Waals surface area contributed by atoms with E-state index in [2.05, 4.69) is 33.5 Å². The lowest BCUT2D eigenvalue weighted by atomic mass is 10.1. The van der Waals surface area contributed by atoms with Crippen LogP contribution in [0.3, 0.4) is 0 Å². The molecule has 124 valence electrons. The number of nitrogens with one attached hydrogen (secondary N) is 2. The molecule has 0 radical (unpaired) electrons. The SMILES string of the molecule is CCC[C@@H](C)NC(=O)NCCc1cc(OC)c(OC)cc1Br. The Morgan fingerprint density at radius 1 is 1.27 bits per heavy atom. The third kappa shape index (κ3) is 5.75. The Hall–Kier alpha value is -1.43. The molecule has 2 amide bonds. The molecule has 0 unspecified atom stereocenters. The first-order valence-corrected chi connectivity index (χ1v) is 8.25. The van der Waals surface area contributed by atoms with E-state index in [1.807, 2.05) is 19.1 Å². The highest BCUT2D eigenvalue weighted by molar-refractivity contribution is 9.10. The van der Waals surface area contributed by atoms with Gasteiger partial charge in [-0.05, 0) is 37.5 Å². The summed E-state index contributed by atoms with van der Waals surface area (Å²) in [6.07, 6.45) is 2.74. The van der Waals surface area contributed by atoms with Crippen LogP contribution in [0.5, 0.6) is 11.5 Å². The van der Waals surface area contributed by atoms with Gasteiger partial charge in [0.15, 0.2) is 11.5 Å². The van der Waals surface area contributed by atoms with Gasteiger partial charge in [-0.3, -0.25) is 0 Å². The fourth-order valence-electron chi connectivity index (χ4n) is 2.18. The summed E-state index contributed by atoms with van der Waals surface area (Å²) in [5, 5.41) is 5.79. The molecule has 1 rings (SSSR count). The van der Waals surface area contributed by atoms with Gasteiger partial charge < -0.3 is 20.1 Å².